The number of halogens is 2. The molecule has 21 heavy (non-hydrogen) atoms. The molecule has 0 bridgehead atoms. The zero-order valence-corrected chi connectivity index (χ0v) is 14.3. The summed E-state index contributed by atoms with van der Waals surface area (Å²) in [4.78, 5) is -0.0509. The predicted molar refractivity (Wildman–Crippen MR) is 87.4 cm³/mol. The summed E-state index contributed by atoms with van der Waals surface area (Å²) in [6.45, 7) is 2.25. The number of rotatable bonds is 5. The minimum atomic E-state index is -3.76. The normalized spacial score (nSPS) is 11.8. The summed E-state index contributed by atoms with van der Waals surface area (Å²) >= 11 is 13.6. The van der Waals surface area contributed by atoms with E-state index in [4.69, 9.17) is 28.9 Å². The summed E-state index contributed by atoms with van der Waals surface area (Å²) in [6.07, 6.45) is 0. The molecule has 0 amide bonds. The lowest BCUT2D eigenvalue weighted by atomic mass is 10.2. The second-order valence-electron chi connectivity index (χ2n) is 4.49. The van der Waals surface area contributed by atoms with Crippen molar-refractivity contribution in [2.75, 3.05) is 0 Å². The maximum absolute atomic E-state index is 12.4. The Morgan fingerprint density at radius 1 is 1.24 bits per heavy atom. The molecule has 0 aliphatic carbocycles. The van der Waals surface area contributed by atoms with Crippen molar-refractivity contribution in [2.24, 2.45) is 5.73 Å². The Morgan fingerprint density at radius 2 is 1.95 bits per heavy atom. The molecule has 0 saturated heterocycles. The van der Waals surface area contributed by atoms with Crippen molar-refractivity contribution in [3.63, 3.8) is 0 Å². The predicted octanol–water partition coefficient (Wildman–Crippen LogP) is 3.30. The van der Waals surface area contributed by atoms with Gasteiger partial charge in [0.05, 0.1) is 5.02 Å². The minimum absolute atomic E-state index is 0.0509. The van der Waals surface area contributed by atoms with Gasteiger partial charge in [-0.15, -0.1) is 0 Å². The molecular weight excluding hydrogens is 351 g/mol. The molecule has 4 nitrogen and oxygen atoms in total. The first-order chi connectivity index (χ1) is 9.85. The SMILES string of the molecule is Cc1cscc1CNS(=O)(=O)c1cc(Cl)cc(CN)c1Cl. The maximum Gasteiger partial charge on any atom is 0.242 e. The molecule has 1 heterocycles. The van der Waals surface area contributed by atoms with Gasteiger partial charge in [0.25, 0.3) is 0 Å². The van der Waals surface area contributed by atoms with E-state index in [1.54, 1.807) is 6.07 Å². The number of nitrogens with one attached hydrogen (secondary N) is 1. The highest BCUT2D eigenvalue weighted by Gasteiger charge is 2.21. The third kappa shape index (κ3) is 3.77. The molecule has 3 N–H and O–H groups in total. The molecule has 1 aromatic carbocycles. The molecule has 0 aliphatic rings. The second kappa shape index (κ2) is 6.64. The summed E-state index contributed by atoms with van der Waals surface area (Å²) in [6, 6.07) is 2.89. The molecule has 114 valence electrons. The van der Waals surface area contributed by atoms with Gasteiger partial charge in [-0.3, -0.25) is 0 Å². The largest absolute Gasteiger partial charge is 0.326 e. The molecule has 0 saturated carbocycles. The Kier molecular flexibility index (Phi) is 5.29. The number of benzene rings is 1. The second-order valence-corrected chi connectivity index (χ2v) is 7.78. The zero-order chi connectivity index (χ0) is 15.6. The minimum Gasteiger partial charge on any atom is -0.326 e. The van der Waals surface area contributed by atoms with Crippen LogP contribution in [0, 0.1) is 6.92 Å². The third-order valence-corrected chi connectivity index (χ3v) is 6.12. The van der Waals surface area contributed by atoms with Crippen LogP contribution >= 0.6 is 34.5 Å². The monoisotopic (exact) mass is 364 g/mol. The van der Waals surface area contributed by atoms with Crippen molar-refractivity contribution in [1.29, 1.82) is 0 Å². The molecule has 0 aliphatic heterocycles. The van der Waals surface area contributed by atoms with Crippen molar-refractivity contribution in [3.8, 4) is 0 Å². The van der Waals surface area contributed by atoms with Crippen LogP contribution in [-0.4, -0.2) is 8.42 Å². The van der Waals surface area contributed by atoms with Gasteiger partial charge in [-0.1, -0.05) is 23.2 Å². The first-order valence-electron chi connectivity index (χ1n) is 6.04. The van der Waals surface area contributed by atoms with Gasteiger partial charge in [0.1, 0.15) is 4.90 Å². The van der Waals surface area contributed by atoms with Crippen molar-refractivity contribution in [2.45, 2.75) is 24.9 Å². The van der Waals surface area contributed by atoms with Gasteiger partial charge >= 0.3 is 0 Å². The Morgan fingerprint density at radius 3 is 2.52 bits per heavy atom. The van der Waals surface area contributed by atoms with Crippen LogP contribution in [0.4, 0.5) is 0 Å². The van der Waals surface area contributed by atoms with Gasteiger partial charge in [0.15, 0.2) is 0 Å². The van der Waals surface area contributed by atoms with Crippen LogP contribution in [0.3, 0.4) is 0 Å². The fourth-order valence-corrected chi connectivity index (χ4v) is 4.58. The summed E-state index contributed by atoms with van der Waals surface area (Å²) in [5, 5.41) is 4.26. The van der Waals surface area contributed by atoms with Crippen LogP contribution in [0.1, 0.15) is 16.7 Å². The maximum atomic E-state index is 12.4. The van der Waals surface area contributed by atoms with Gasteiger partial charge in [-0.2, -0.15) is 11.3 Å². The lowest BCUT2D eigenvalue weighted by molar-refractivity contribution is 0.581. The van der Waals surface area contributed by atoms with E-state index in [2.05, 4.69) is 4.72 Å². The van der Waals surface area contributed by atoms with E-state index in [1.165, 1.54) is 17.4 Å². The van der Waals surface area contributed by atoms with E-state index in [1.807, 2.05) is 17.7 Å². The Hall–Kier alpha value is -0.630. The number of nitrogens with two attached hydrogens (primary N) is 1. The average Bonchev–Trinajstić information content (AvgIpc) is 2.84. The number of thiophene rings is 1. The highest BCUT2D eigenvalue weighted by molar-refractivity contribution is 7.89. The first-order valence-corrected chi connectivity index (χ1v) is 9.22. The van der Waals surface area contributed by atoms with Crippen LogP contribution in [-0.2, 0) is 23.1 Å². The van der Waals surface area contributed by atoms with E-state index in [-0.39, 0.29) is 28.0 Å². The van der Waals surface area contributed by atoms with Crippen molar-refractivity contribution in [1.82, 2.24) is 4.72 Å². The fourth-order valence-electron chi connectivity index (χ4n) is 1.78. The number of hydrogen-bond donors (Lipinski definition) is 2. The summed E-state index contributed by atoms with van der Waals surface area (Å²) in [7, 11) is -3.76. The van der Waals surface area contributed by atoms with Crippen molar-refractivity contribution in [3.05, 3.63) is 49.6 Å². The molecule has 0 fully saturated rings. The lowest BCUT2D eigenvalue weighted by Crippen LogP contribution is -2.24. The molecule has 0 spiro atoms. The fraction of sp³-hybridized carbons (Fsp3) is 0.231. The van der Waals surface area contributed by atoms with E-state index < -0.39 is 10.0 Å². The molecule has 0 atom stereocenters. The number of sulfonamides is 1. The van der Waals surface area contributed by atoms with Crippen LogP contribution in [0.25, 0.3) is 0 Å². The van der Waals surface area contributed by atoms with Gasteiger partial charge in [-0.05, 0) is 46.5 Å². The molecule has 1 aromatic heterocycles. The van der Waals surface area contributed by atoms with E-state index in [0.29, 0.717) is 5.56 Å². The quantitative estimate of drug-likeness (QED) is 0.854. The number of hydrogen-bond acceptors (Lipinski definition) is 4. The number of aryl methyl sites for hydroxylation is 1. The van der Waals surface area contributed by atoms with Crippen LogP contribution in [0.2, 0.25) is 10.0 Å². The van der Waals surface area contributed by atoms with Gasteiger partial charge < -0.3 is 5.73 Å². The van der Waals surface area contributed by atoms with Crippen molar-refractivity contribution >= 4 is 44.6 Å². The topological polar surface area (TPSA) is 72.2 Å². The Bertz CT molecular complexity index is 758. The first kappa shape index (κ1) is 16.7. The average molecular weight is 365 g/mol. The van der Waals surface area contributed by atoms with Crippen LogP contribution in [0.15, 0.2) is 27.8 Å². The summed E-state index contributed by atoms with van der Waals surface area (Å²) < 4.78 is 27.3. The molecule has 0 radical (unpaired) electrons. The Labute approximate surface area is 137 Å². The molecular formula is C13H14Cl2N2O2S2. The van der Waals surface area contributed by atoms with E-state index in [9.17, 15) is 8.42 Å². The highest BCUT2D eigenvalue weighted by Crippen LogP contribution is 2.29. The highest BCUT2D eigenvalue weighted by atomic mass is 35.5. The van der Waals surface area contributed by atoms with Gasteiger partial charge in [0, 0.05) is 18.1 Å². The summed E-state index contributed by atoms with van der Waals surface area (Å²) in [5.74, 6) is 0. The molecule has 8 heteroatoms. The standard InChI is InChI=1S/C13H14Cl2N2O2S2/c1-8-6-20-7-10(8)5-17-21(18,19)12-3-11(14)2-9(4-16)13(12)15/h2-3,6-7,17H,4-5,16H2,1H3. The molecule has 0 unspecified atom stereocenters. The van der Waals surface area contributed by atoms with Crippen molar-refractivity contribution < 1.29 is 8.42 Å². The smallest absolute Gasteiger partial charge is 0.242 e. The van der Waals surface area contributed by atoms with Gasteiger partial charge in [-0.25, -0.2) is 13.1 Å². The zero-order valence-electron chi connectivity index (χ0n) is 11.2. The van der Waals surface area contributed by atoms with E-state index in [0.717, 1.165) is 11.1 Å². The third-order valence-electron chi connectivity index (χ3n) is 3.00. The summed E-state index contributed by atoms with van der Waals surface area (Å²) in [5.41, 5.74) is 8.02. The Balaban J connectivity index is 2.32. The molecule has 2 rings (SSSR count). The van der Waals surface area contributed by atoms with Crippen LogP contribution in [0.5, 0.6) is 0 Å². The van der Waals surface area contributed by atoms with Gasteiger partial charge in [0.2, 0.25) is 10.0 Å². The molecule has 2 aromatic rings. The van der Waals surface area contributed by atoms with E-state index >= 15 is 0 Å². The lowest BCUT2D eigenvalue weighted by Gasteiger charge is -2.11. The van der Waals surface area contributed by atoms with Crippen LogP contribution < -0.4 is 10.5 Å².